The normalized spacial score (nSPS) is 18.0. The molecule has 0 fully saturated rings. The highest BCUT2D eigenvalue weighted by Gasteiger charge is 2.47. The second kappa shape index (κ2) is 8.69. The van der Waals surface area contributed by atoms with Crippen molar-refractivity contribution in [1.82, 2.24) is 14.8 Å². The lowest BCUT2D eigenvalue weighted by Crippen LogP contribution is -2.63. The molecule has 2 aromatic carbocycles. The van der Waals surface area contributed by atoms with Crippen molar-refractivity contribution < 1.29 is 14.3 Å². The molecule has 4 rings (SSSR count). The molecule has 3 aromatic rings. The lowest BCUT2D eigenvalue weighted by molar-refractivity contribution is -0.133. The van der Waals surface area contributed by atoms with Gasteiger partial charge in [0.15, 0.2) is 0 Å². The summed E-state index contributed by atoms with van der Waals surface area (Å²) < 4.78 is 7.36. The van der Waals surface area contributed by atoms with E-state index in [0.717, 1.165) is 40.6 Å². The number of benzene rings is 2. The Morgan fingerprint density at radius 2 is 1.91 bits per heavy atom. The second-order valence-electron chi connectivity index (χ2n) is 8.80. The van der Waals surface area contributed by atoms with Crippen LogP contribution < -0.4 is 10.1 Å². The van der Waals surface area contributed by atoms with Crippen LogP contribution in [0.5, 0.6) is 5.75 Å². The zero-order chi connectivity index (χ0) is 22.9. The number of rotatable bonds is 7. The van der Waals surface area contributed by atoms with Crippen LogP contribution in [0.25, 0.3) is 10.9 Å². The number of hydrogen-bond donors (Lipinski definition) is 1. The van der Waals surface area contributed by atoms with Gasteiger partial charge in [0.25, 0.3) is 5.91 Å². The van der Waals surface area contributed by atoms with Crippen LogP contribution in [-0.2, 0) is 17.9 Å². The van der Waals surface area contributed by atoms with E-state index in [9.17, 15) is 9.59 Å². The van der Waals surface area contributed by atoms with Crippen LogP contribution in [0.1, 0.15) is 48.3 Å². The van der Waals surface area contributed by atoms with Crippen LogP contribution >= 0.6 is 0 Å². The molecule has 1 unspecified atom stereocenters. The third kappa shape index (κ3) is 3.85. The van der Waals surface area contributed by atoms with Crippen molar-refractivity contribution in [3.8, 4) is 5.75 Å². The van der Waals surface area contributed by atoms with Crippen molar-refractivity contribution in [3.05, 3.63) is 65.4 Å². The number of ether oxygens (including phenoxy) is 1. The Bertz CT molecular complexity index is 1150. The summed E-state index contributed by atoms with van der Waals surface area (Å²) in [7, 11) is 1.63. The van der Waals surface area contributed by atoms with Gasteiger partial charge in [-0.1, -0.05) is 43.2 Å². The molecule has 2 amide bonds. The molecular formula is C26H31N3O3. The molecule has 32 heavy (non-hydrogen) atoms. The Morgan fingerprint density at radius 3 is 2.59 bits per heavy atom. The van der Waals surface area contributed by atoms with Crippen molar-refractivity contribution in [2.24, 2.45) is 0 Å². The molecule has 0 aliphatic carbocycles. The fourth-order valence-electron chi connectivity index (χ4n) is 4.35. The standard InChI is InChI=1S/C26H31N3O3/c1-5-6-13-27-25(31)26(3)17-28-22-15-21(32-4)12-11-20(22)14-23(28)24(30)29(26)16-19-9-7-18(2)8-10-19/h7-12,14-15H,5-6,13,16-17H2,1-4H3,(H,27,31). The summed E-state index contributed by atoms with van der Waals surface area (Å²) in [5.74, 6) is 0.462. The van der Waals surface area contributed by atoms with Gasteiger partial charge in [0.1, 0.15) is 17.0 Å². The molecule has 0 saturated heterocycles. The van der Waals surface area contributed by atoms with Crippen LogP contribution in [0.2, 0.25) is 0 Å². The third-order valence-corrected chi connectivity index (χ3v) is 6.40. The second-order valence-corrected chi connectivity index (χ2v) is 8.80. The van der Waals surface area contributed by atoms with Gasteiger partial charge in [-0.3, -0.25) is 9.59 Å². The zero-order valence-electron chi connectivity index (χ0n) is 19.3. The van der Waals surface area contributed by atoms with Gasteiger partial charge in [-0.05, 0) is 44.0 Å². The number of hydrogen-bond acceptors (Lipinski definition) is 3. The van der Waals surface area contributed by atoms with E-state index in [1.54, 1.807) is 12.0 Å². The highest BCUT2D eigenvalue weighted by Crippen LogP contribution is 2.34. The van der Waals surface area contributed by atoms with Gasteiger partial charge in [-0.15, -0.1) is 0 Å². The lowest BCUT2D eigenvalue weighted by Gasteiger charge is -2.44. The first-order chi connectivity index (χ1) is 15.4. The first-order valence-electron chi connectivity index (χ1n) is 11.2. The highest BCUT2D eigenvalue weighted by molar-refractivity contribution is 6.03. The summed E-state index contributed by atoms with van der Waals surface area (Å²) in [5.41, 5.74) is 2.64. The molecule has 1 atom stereocenters. The number of aromatic nitrogens is 1. The lowest BCUT2D eigenvalue weighted by atomic mass is 9.93. The van der Waals surface area contributed by atoms with Gasteiger partial charge in [-0.2, -0.15) is 0 Å². The van der Waals surface area contributed by atoms with Crippen molar-refractivity contribution in [2.45, 2.75) is 52.2 Å². The maximum Gasteiger partial charge on any atom is 0.271 e. The summed E-state index contributed by atoms with van der Waals surface area (Å²) in [6, 6.07) is 15.8. The molecule has 6 nitrogen and oxygen atoms in total. The SMILES string of the molecule is CCCCNC(=O)C1(C)Cn2c(cc3ccc(OC)cc32)C(=O)N1Cc1ccc(C)cc1. The van der Waals surface area contributed by atoms with Crippen molar-refractivity contribution >= 4 is 22.7 Å². The van der Waals surface area contributed by atoms with Gasteiger partial charge in [0.2, 0.25) is 5.91 Å². The fraction of sp³-hybridized carbons (Fsp3) is 0.385. The van der Waals surface area contributed by atoms with Gasteiger partial charge >= 0.3 is 0 Å². The molecule has 0 saturated carbocycles. The van der Waals surface area contributed by atoms with Gasteiger partial charge in [-0.25, -0.2) is 0 Å². The number of nitrogens with zero attached hydrogens (tertiary/aromatic N) is 2. The van der Waals surface area contributed by atoms with E-state index in [1.165, 1.54) is 0 Å². The summed E-state index contributed by atoms with van der Waals surface area (Å²) >= 11 is 0. The van der Waals surface area contributed by atoms with E-state index in [1.807, 2.05) is 66.9 Å². The van der Waals surface area contributed by atoms with E-state index in [2.05, 4.69) is 12.2 Å². The first-order valence-corrected chi connectivity index (χ1v) is 11.2. The molecule has 1 aliphatic heterocycles. The number of methoxy groups -OCH3 is 1. The quantitative estimate of drug-likeness (QED) is 0.566. The summed E-state index contributed by atoms with van der Waals surface area (Å²) in [6.45, 7) is 7.36. The first kappa shape index (κ1) is 21.9. The van der Waals surface area contributed by atoms with Gasteiger partial charge in [0, 0.05) is 24.5 Å². The molecule has 168 valence electrons. The monoisotopic (exact) mass is 433 g/mol. The Morgan fingerprint density at radius 1 is 1.16 bits per heavy atom. The minimum atomic E-state index is -1.02. The fourth-order valence-corrected chi connectivity index (χ4v) is 4.35. The van der Waals surface area contributed by atoms with Crippen molar-refractivity contribution in [1.29, 1.82) is 0 Å². The van der Waals surface area contributed by atoms with Gasteiger partial charge in [0.05, 0.1) is 19.2 Å². The van der Waals surface area contributed by atoms with E-state index in [4.69, 9.17) is 4.74 Å². The summed E-state index contributed by atoms with van der Waals surface area (Å²) in [4.78, 5) is 28.9. The smallest absolute Gasteiger partial charge is 0.271 e. The molecule has 6 heteroatoms. The van der Waals surface area contributed by atoms with Crippen LogP contribution in [0.3, 0.4) is 0 Å². The van der Waals surface area contributed by atoms with Crippen LogP contribution in [0.15, 0.2) is 48.5 Å². The minimum absolute atomic E-state index is 0.123. The van der Waals surface area contributed by atoms with Gasteiger partial charge < -0.3 is 19.5 Å². The average molecular weight is 434 g/mol. The number of carbonyl (C=O) groups excluding carboxylic acids is 2. The Balaban J connectivity index is 1.78. The maximum absolute atomic E-state index is 13.8. The summed E-state index contributed by atoms with van der Waals surface area (Å²) in [5, 5.41) is 4.02. The topological polar surface area (TPSA) is 63.6 Å². The number of carbonyl (C=O) groups is 2. The van der Waals surface area contributed by atoms with E-state index in [-0.39, 0.29) is 11.8 Å². The molecule has 1 aromatic heterocycles. The molecule has 2 heterocycles. The average Bonchev–Trinajstić information content (AvgIpc) is 3.15. The van der Waals surface area contributed by atoms with E-state index in [0.29, 0.717) is 25.3 Å². The van der Waals surface area contributed by atoms with E-state index >= 15 is 0 Å². The Hall–Kier alpha value is -3.28. The highest BCUT2D eigenvalue weighted by atomic mass is 16.5. The minimum Gasteiger partial charge on any atom is -0.497 e. The largest absolute Gasteiger partial charge is 0.497 e. The molecule has 0 bridgehead atoms. The number of nitrogens with one attached hydrogen (secondary N) is 1. The van der Waals surface area contributed by atoms with Crippen molar-refractivity contribution in [3.63, 3.8) is 0 Å². The maximum atomic E-state index is 13.8. The number of fused-ring (bicyclic) bond motifs is 3. The predicted octanol–water partition coefficient (Wildman–Crippen LogP) is 4.29. The van der Waals surface area contributed by atoms with Crippen molar-refractivity contribution in [2.75, 3.05) is 13.7 Å². The van der Waals surface area contributed by atoms with Crippen LogP contribution in [0.4, 0.5) is 0 Å². The number of aryl methyl sites for hydroxylation is 1. The Labute approximate surface area is 189 Å². The van der Waals surface area contributed by atoms with E-state index < -0.39 is 5.54 Å². The molecule has 0 spiro atoms. The molecule has 1 N–H and O–H groups in total. The summed E-state index contributed by atoms with van der Waals surface area (Å²) in [6.07, 6.45) is 1.90. The van der Waals surface area contributed by atoms with Crippen LogP contribution in [-0.4, -0.2) is 40.5 Å². The molecule has 0 radical (unpaired) electrons. The predicted molar refractivity (Wildman–Crippen MR) is 126 cm³/mol. The third-order valence-electron chi connectivity index (χ3n) is 6.40. The molecular weight excluding hydrogens is 402 g/mol. The molecule has 1 aliphatic rings. The number of unbranched alkanes of at least 4 members (excludes halogenated alkanes) is 1. The Kier molecular flexibility index (Phi) is 5.96. The number of amides is 2. The van der Waals surface area contributed by atoms with Crippen LogP contribution in [0, 0.1) is 6.92 Å². The zero-order valence-corrected chi connectivity index (χ0v) is 19.3.